The Labute approximate surface area is 200 Å². The van der Waals surface area contributed by atoms with Crippen LogP contribution in [0.25, 0.3) is 0 Å². The molecule has 2 rings (SSSR count). The SMILES string of the molecule is CC[Si](CC)(c1ccc(OCC(O)CO)c(C)c1)c1ccc(OCC(O)C(C)(C)C)c(C)c1. The van der Waals surface area contributed by atoms with Gasteiger partial charge in [-0.15, -0.1) is 0 Å². The topological polar surface area (TPSA) is 79.2 Å². The van der Waals surface area contributed by atoms with Crippen molar-refractivity contribution in [1.29, 1.82) is 0 Å². The Hall–Kier alpha value is -1.86. The third kappa shape index (κ3) is 6.60. The second-order valence-electron chi connectivity index (χ2n) is 10.1. The van der Waals surface area contributed by atoms with E-state index in [2.05, 4.69) is 45.0 Å². The summed E-state index contributed by atoms with van der Waals surface area (Å²) in [5.41, 5.74) is 1.90. The van der Waals surface area contributed by atoms with Crippen LogP contribution in [0.3, 0.4) is 0 Å². The fraction of sp³-hybridized carbons (Fsp3) is 0.556. The van der Waals surface area contributed by atoms with Crippen LogP contribution in [-0.4, -0.2) is 55.4 Å². The van der Waals surface area contributed by atoms with Crippen LogP contribution in [0.1, 0.15) is 45.7 Å². The maximum atomic E-state index is 10.3. The van der Waals surface area contributed by atoms with Gasteiger partial charge in [-0.3, -0.25) is 0 Å². The molecule has 2 atom stereocenters. The number of ether oxygens (including phenoxy) is 2. The van der Waals surface area contributed by atoms with Gasteiger partial charge in [0.05, 0.1) is 12.7 Å². The number of benzene rings is 2. The van der Waals surface area contributed by atoms with Crippen LogP contribution in [0.4, 0.5) is 0 Å². The summed E-state index contributed by atoms with van der Waals surface area (Å²) in [7, 11) is -1.98. The second kappa shape index (κ2) is 11.5. The molecule has 0 saturated heterocycles. The highest BCUT2D eigenvalue weighted by molar-refractivity contribution is 7.02. The zero-order valence-corrected chi connectivity index (χ0v) is 22.3. The van der Waals surface area contributed by atoms with Crippen LogP contribution in [-0.2, 0) is 0 Å². The third-order valence-corrected chi connectivity index (χ3v) is 11.9. The average molecular weight is 475 g/mol. The van der Waals surface area contributed by atoms with Gasteiger partial charge in [0, 0.05) is 0 Å². The molecule has 0 aliphatic carbocycles. The molecular formula is C27H42O5Si. The molecule has 33 heavy (non-hydrogen) atoms. The molecular weight excluding hydrogens is 432 g/mol. The molecule has 2 aromatic rings. The van der Waals surface area contributed by atoms with E-state index in [4.69, 9.17) is 14.6 Å². The summed E-state index contributed by atoms with van der Waals surface area (Å²) >= 11 is 0. The molecule has 2 aromatic carbocycles. The molecule has 2 unspecified atom stereocenters. The second-order valence-corrected chi connectivity index (χ2v) is 14.8. The van der Waals surface area contributed by atoms with Gasteiger partial charge in [-0.25, -0.2) is 0 Å². The lowest BCUT2D eigenvalue weighted by Crippen LogP contribution is -2.57. The summed E-state index contributed by atoms with van der Waals surface area (Å²) in [6.45, 7) is 14.7. The highest BCUT2D eigenvalue weighted by Crippen LogP contribution is 2.25. The number of hydrogen-bond donors (Lipinski definition) is 3. The van der Waals surface area contributed by atoms with Crippen LogP contribution >= 0.6 is 0 Å². The van der Waals surface area contributed by atoms with Gasteiger partial charge in [0.1, 0.15) is 38.9 Å². The van der Waals surface area contributed by atoms with E-state index in [0.29, 0.717) is 0 Å². The molecule has 0 spiro atoms. The van der Waals surface area contributed by atoms with Crippen molar-refractivity contribution in [2.24, 2.45) is 5.41 Å². The molecule has 0 radical (unpaired) electrons. The monoisotopic (exact) mass is 474 g/mol. The zero-order chi connectivity index (χ0) is 24.8. The molecule has 0 aliphatic heterocycles. The minimum Gasteiger partial charge on any atom is -0.491 e. The summed E-state index contributed by atoms with van der Waals surface area (Å²) < 4.78 is 11.7. The Morgan fingerprint density at radius 3 is 1.64 bits per heavy atom. The first kappa shape index (κ1) is 27.4. The lowest BCUT2D eigenvalue weighted by molar-refractivity contribution is 0.0216. The van der Waals surface area contributed by atoms with Crippen LogP contribution in [0.5, 0.6) is 11.5 Å². The average Bonchev–Trinajstić information content (AvgIpc) is 2.78. The van der Waals surface area contributed by atoms with Gasteiger partial charge in [0.15, 0.2) is 0 Å². The van der Waals surface area contributed by atoms with Crippen LogP contribution in [0, 0.1) is 19.3 Å². The van der Waals surface area contributed by atoms with Gasteiger partial charge in [-0.2, -0.15) is 0 Å². The molecule has 0 saturated carbocycles. The van der Waals surface area contributed by atoms with E-state index in [1.54, 1.807) is 0 Å². The van der Waals surface area contributed by atoms with Gasteiger partial charge in [-0.1, -0.05) is 81.3 Å². The Balaban J connectivity index is 2.31. The highest BCUT2D eigenvalue weighted by atomic mass is 28.3. The van der Waals surface area contributed by atoms with E-state index in [1.807, 2.05) is 39.8 Å². The maximum absolute atomic E-state index is 10.3. The number of aliphatic hydroxyl groups is 3. The lowest BCUT2D eigenvalue weighted by atomic mass is 9.90. The van der Waals surface area contributed by atoms with E-state index in [9.17, 15) is 10.2 Å². The largest absolute Gasteiger partial charge is 0.491 e. The molecule has 3 N–H and O–H groups in total. The first-order valence-corrected chi connectivity index (χ1v) is 14.3. The van der Waals surface area contributed by atoms with E-state index in [0.717, 1.165) is 34.7 Å². The fourth-order valence-corrected chi connectivity index (χ4v) is 8.37. The fourth-order valence-electron chi connectivity index (χ4n) is 4.11. The van der Waals surface area contributed by atoms with Crippen molar-refractivity contribution in [2.75, 3.05) is 19.8 Å². The summed E-state index contributed by atoms with van der Waals surface area (Å²) in [5, 5.41) is 31.7. The predicted molar refractivity (Wildman–Crippen MR) is 138 cm³/mol. The lowest BCUT2D eigenvalue weighted by Gasteiger charge is -2.32. The van der Waals surface area contributed by atoms with Crippen molar-refractivity contribution in [3.05, 3.63) is 47.5 Å². The number of aliphatic hydroxyl groups excluding tert-OH is 3. The summed E-state index contributed by atoms with van der Waals surface area (Å²) in [4.78, 5) is 0. The molecule has 0 aromatic heterocycles. The maximum Gasteiger partial charge on any atom is 0.122 e. The molecule has 0 aliphatic rings. The van der Waals surface area contributed by atoms with Gasteiger partial charge in [0.25, 0.3) is 0 Å². The Bertz CT molecular complexity index is 902. The molecule has 0 heterocycles. The molecule has 0 fully saturated rings. The molecule has 5 nitrogen and oxygen atoms in total. The standard InChI is InChI=1S/C27H42O5Si/c1-8-33(9-2,22-10-12-24(19(3)14-22)31-17-21(29)16-28)23-11-13-25(20(4)15-23)32-18-26(30)27(5,6)7/h10-15,21,26,28-30H,8-9,16-18H2,1-7H3. The number of aryl methyl sites for hydroxylation is 2. The molecule has 184 valence electrons. The highest BCUT2D eigenvalue weighted by Gasteiger charge is 2.34. The van der Waals surface area contributed by atoms with Crippen molar-refractivity contribution in [3.8, 4) is 11.5 Å². The van der Waals surface area contributed by atoms with Gasteiger partial charge < -0.3 is 24.8 Å². The minimum absolute atomic E-state index is 0.0748. The van der Waals surface area contributed by atoms with E-state index in [-0.39, 0.29) is 25.2 Å². The van der Waals surface area contributed by atoms with E-state index < -0.39 is 20.3 Å². The Morgan fingerprint density at radius 2 is 1.27 bits per heavy atom. The number of rotatable bonds is 11. The first-order chi connectivity index (χ1) is 15.5. The molecule has 0 amide bonds. The zero-order valence-electron chi connectivity index (χ0n) is 21.3. The van der Waals surface area contributed by atoms with Gasteiger partial charge in [0.2, 0.25) is 0 Å². The number of hydrogen-bond acceptors (Lipinski definition) is 5. The van der Waals surface area contributed by atoms with Crippen molar-refractivity contribution >= 4 is 18.4 Å². The normalized spacial score (nSPS) is 14.1. The van der Waals surface area contributed by atoms with Gasteiger partial charge in [-0.05, 0) is 42.5 Å². The van der Waals surface area contributed by atoms with E-state index >= 15 is 0 Å². The van der Waals surface area contributed by atoms with Crippen LogP contribution in [0.15, 0.2) is 36.4 Å². The summed E-state index contributed by atoms with van der Waals surface area (Å²) in [6.07, 6.45) is -1.41. The van der Waals surface area contributed by atoms with Gasteiger partial charge >= 0.3 is 0 Å². The van der Waals surface area contributed by atoms with E-state index in [1.165, 1.54) is 10.4 Å². The quantitative estimate of drug-likeness (QED) is 0.435. The first-order valence-electron chi connectivity index (χ1n) is 11.9. The van der Waals surface area contributed by atoms with Crippen molar-refractivity contribution < 1.29 is 24.8 Å². The Kier molecular flexibility index (Phi) is 9.55. The van der Waals surface area contributed by atoms with Crippen LogP contribution < -0.4 is 19.8 Å². The van der Waals surface area contributed by atoms with Crippen LogP contribution in [0.2, 0.25) is 12.1 Å². The third-order valence-electron chi connectivity index (χ3n) is 6.70. The Morgan fingerprint density at radius 1 is 0.818 bits per heavy atom. The molecule has 0 bridgehead atoms. The van der Waals surface area contributed by atoms with Crippen molar-refractivity contribution in [1.82, 2.24) is 0 Å². The smallest absolute Gasteiger partial charge is 0.122 e. The predicted octanol–water partition coefficient (Wildman–Crippen LogP) is 3.42. The van der Waals surface area contributed by atoms with Crippen molar-refractivity contribution in [2.45, 2.75) is 72.8 Å². The summed E-state index contributed by atoms with van der Waals surface area (Å²) in [5.74, 6) is 1.55. The molecule has 6 heteroatoms. The summed E-state index contributed by atoms with van der Waals surface area (Å²) in [6, 6.07) is 15.0. The van der Waals surface area contributed by atoms with Crippen molar-refractivity contribution in [3.63, 3.8) is 0 Å². The minimum atomic E-state index is -1.98.